The summed E-state index contributed by atoms with van der Waals surface area (Å²) in [7, 11) is -3.95. The summed E-state index contributed by atoms with van der Waals surface area (Å²) >= 11 is 0. The molecule has 1 amide bonds. The highest BCUT2D eigenvalue weighted by Crippen LogP contribution is 2.59. The molecule has 1 atom stereocenters. The molecule has 1 heterocycles. The molecule has 1 aliphatic rings. The summed E-state index contributed by atoms with van der Waals surface area (Å²) in [4.78, 5) is 40.7. The summed E-state index contributed by atoms with van der Waals surface area (Å²) in [5.74, 6) is -1.62. The highest BCUT2D eigenvalue weighted by molar-refractivity contribution is 7.54. The van der Waals surface area contributed by atoms with Gasteiger partial charge in [0.1, 0.15) is 6.61 Å². The van der Waals surface area contributed by atoms with Crippen LogP contribution in [-0.4, -0.2) is 46.0 Å². The van der Waals surface area contributed by atoms with E-state index < -0.39 is 31.6 Å². The Morgan fingerprint density at radius 2 is 2.06 bits per heavy atom. The normalized spacial score (nSPS) is 25.4. The van der Waals surface area contributed by atoms with Crippen molar-refractivity contribution < 1.29 is 33.5 Å². The minimum absolute atomic E-state index is 0.0369. The first-order valence-electron chi connectivity index (χ1n) is 5.31. The topological polar surface area (TPSA) is 125 Å². The van der Waals surface area contributed by atoms with Gasteiger partial charge in [-0.05, 0) is 0 Å². The monoisotopic (exact) mass is 282 g/mol. The Morgan fingerprint density at radius 1 is 1.44 bits per heavy atom. The maximum absolute atomic E-state index is 11.8. The minimum Gasteiger partial charge on any atom is -0.481 e. The Bertz CT molecular complexity index is 344. The van der Waals surface area contributed by atoms with Gasteiger partial charge in [-0.1, -0.05) is 13.8 Å². The van der Waals surface area contributed by atoms with Gasteiger partial charge in [-0.3, -0.25) is 9.59 Å². The standard InChI is InChI=1S/C9H16NO7P/c1-9(2)5-16-18(14,15)17-7(9)8(13)10-4-3-6(11)12/h7,14-15H,3-5H2,1-2H3,(H-,10,11,12,13)/p+1/t7-/m0/s1. The average molecular weight is 282 g/mol. The Hall–Kier alpha value is -0.790. The molecule has 0 aliphatic carbocycles. The first-order chi connectivity index (χ1) is 8.14. The number of aliphatic carboxylic acids is 1. The third-order valence-corrected chi connectivity index (χ3v) is 3.38. The molecule has 0 unspecified atom stereocenters. The zero-order valence-electron chi connectivity index (χ0n) is 10.1. The molecule has 1 rings (SSSR count). The third kappa shape index (κ3) is 4.15. The van der Waals surface area contributed by atoms with E-state index in [-0.39, 0.29) is 19.6 Å². The molecule has 0 aromatic carbocycles. The number of hydrogen-bond acceptors (Lipinski definition) is 6. The van der Waals surface area contributed by atoms with E-state index in [1.165, 1.54) is 0 Å². The molecule has 1 aliphatic heterocycles. The van der Waals surface area contributed by atoms with Gasteiger partial charge >= 0.3 is 14.1 Å². The molecule has 9 heteroatoms. The first-order valence-corrected chi connectivity index (χ1v) is 6.84. The molecule has 0 bridgehead atoms. The Kier molecular flexibility index (Phi) is 4.63. The lowest BCUT2D eigenvalue weighted by atomic mass is 9.87. The largest absolute Gasteiger partial charge is 0.570 e. The van der Waals surface area contributed by atoms with E-state index in [2.05, 4.69) is 5.32 Å². The van der Waals surface area contributed by atoms with Gasteiger partial charge in [0, 0.05) is 12.0 Å². The summed E-state index contributed by atoms with van der Waals surface area (Å²) in [5.41, 5.74) is -0.734. The lowest BCUT2D eigenvalue weighted by Crippen LogP contribution is -2.50. The van der Waals surface area contributed by atoms with Crippen LogP contribution in [0.4, 0.5) is 0 Å². The van der Waals surface area contributed by atoms with E-state index in [4.69, 9.17) is 14.2 Å². The summed E-state index contributed by atoms with van der Waals surface area (Å²) < 4.78 is 9.58. The molecule has 0 aromatic heterocycles. The van der Waals surface area contributed by atoms with E-state index in [1.54, 1.807) is 13.8 Å². The van der Waals surface area contributed by atoms with Gasteiger partial charge in [0.05, 0.1) is 6.42 Å². The molecule has 0 saturated carbocycles. The second-order valence-corrected chi connectivity index (χ2v) is 6.12. The van der Waals surface area contributed by atoms with Crippen LogP contribution in [0.1, 0.15) is 20.3 Å². The minimum atomic E-state index is -3.95. The Balaban J connectivity index is 2.60. The van der Waals surface area contributed by atoms with Gasteiger partial charge in [0.2, 0.25) is 0 Å². The summed E-state index contributed by atoms with van der Waals surface area (Å²) in [6, 6.07) is 0. The van der Waals surface area contributed by atoms with Gasteiger partial charge in [-0.25, -0.2) is 0 Å². The zero-order valence-corrected chi connectivity index (χ0v) is 11.0. The van der Waals surface area contributed by atoms with E-state index in [9.17, 15) is 19.4 Å². The van der Waals surface area contributed by atoms with Crippen molar-refractivity contribution in [2.45, 2.75) is 26.4 Å². The number of carbonyl (C=O) groups excluding carboxylic acids is 1. The van der Waals surface area contributed by atoms with Crippen LogP contribution in [0, 0.1) is 5.41 Å². The SMILES string of the molecule is CC1(C)CO[P+](O)(O)O[C@H]1C(=O)NCCC(=O)O. The van der Waals surface area contributed by atoms with Crippen molar-refractivity contribution in [2.75, 3.05) is 13.2 Å². The predicted molar refractivity (Wildman–Crippen MR) is 61.2 cm³/mol. The van der Waals surface area contributed by atoms with Crippen LogP contribution in [0.25, 0.3) is 0 Å². The Morgan fingerprint density at radius 3 is 2.61 bits per heavy atom. The van der Waals surface area contributed by atoms with Crippen LogP contribution in [0.3, 0.4) is 0 Å². The maximum Gasteiger partial charge on any atom is 0.570 e. The molecule has 0 spiro atoms. The van der Waals surface area contributed by atoms with Gasteiger partial charge in [-0.2, -0.15) is 14.3 Å². The fraction of sp³-hybridized carbons (Fsp3) is 0.778. The van der Waals surface area contributed by atoms with Crippen molar-refractivity contribution >= 4 is 20.0 Å². The summed E-state index contributed by atoms with van der Waals surface area (Å²) in [6.07, 6.45) is -1.31. The smallest absolute Gasteiger partial charge is 0.481 e. The van der Waals surface area contributed by atoms with Crippen LogP contribution in [0.15, 0.2) is 0 Å². The highest BCUT2D eigenvalue weighted by Gasteiger charge is 2.56. The maximum atomic E-state index is 11.8. The molecule has 8 nitrogen and oxygen atoms in total. The number of hydrogen-bond donors (Lipinski definition) is 4. The van der Waals surface area contributed by atoms with Crippen molar-refractivity contribution in [2.24, 2.45) is 5.41 Å². The highest BCUT2D eigenvalue weighted by atomic mass is 31.2. The van der Waals surface area contributed by atoms with Crippen LogP contribution in [0.2, 0.25) is 0 Å². The number of nitrogens with one attached hydrogen (secondary N) is 1. The van der Waals surface area contributed by atoms with Crippen molar-refractivity contribution in [3.63, 3.8) is 0 Å². The predicted octanol–water partition coefficient (Wildman–Crippen LogP) is -0.319. The van der Waals surface area contributed by atoms with Gasteiger partial charge in [0.25, 0.3) is 5.91 Å². The molecule has 104 valence electrons. The van der Waals surface area contributed by atoms with E-state index in [0.717, 1.165) is 0 Å². The summed E-state index contributed by atoms with van der Waals surface area (Å²) in [5, 5.41) is 10.8. The Labute approximate surface area is 105 Å². The van der Waals surface area contributed by atoms with Gasteiger partial charge in [-0.15, -0.1) is 4.52 Å². The number of rotatable bonds is 4. The average Bonchev–Trinajstić information content (AvgIpc) is 2.21. The molecule has 4 N–H and O–H groups in total. The fourth-order valence-electron chi connectivity index (χ4n) is 1.42. The number of carbonyl (C=O) groups is 2. The zero-order chi connectivity index (χ0) is 14.0. The van der Waals surface area contributed by atoms with E-state index in [1.807, 2.05) is 0 Å². The van der Waals surface area contributed by atoms with Gasteiger partial charge in [0.15, 0.2) is 6.10 Å². The molecular weight excluding hydrogens is 265 g/mol. The number of amides is 1. The van der Waals surface area contributed by atoms with Gasteiger partial charge < -0.3 is 10.4 Å². The second kappa shape index (κ2) is 5.46. The first kappa shape index (κ1) is 15.3. The van der Waals surface area contributed by atoms with Crippen LogP contribution < -0.4 is 5.32 Å². The van der Waals surface area contributed by atoms with Crippen molar-refractivity contribution in [3.8, 4) is 0 Å². The molecule has 0 aromatic rings. The van der Waals surface area contributed by atoms with E-state index in [0.29, 0.717) is 0 Å². The molecule has 1 fully saturated rings. The molecule has 1 saturated heterocycles. The van der Waals surface area contributed by atoms with Crippen LogP contribution in [-0.2, 0) is 18.6 Å². The third-order valence-electron chi connectivity index (χ3n) is 2.43. The number of carboxylic acids is 1. The van der Waals surface area contributed by atoms with Crippen LogP contribution in [0.5, 0.6) is 0 Å². The lowest BCUT2D eigenvalue weighted by Gasteiger charge is -2.34. The van der Waals surface area contributed by atoms with E-state index >= 15 is 0 Å². The number of carboxylic acid groups (broad SMARTS) is 1. The van der Waals surface area contributed by atoms with Crippen molar-refractivity contribution in [3.05, 3.63) is 0 Å². The fourth-order valence-corrected chi connectivity index (χ4v) is 2.64. The summed E-state index contributed by atoms with van der Waals surface area (Å²) in [6.45, 7) is 3.26. The van der Waals surface area contributed by atoms with Crippen molar-refractivity contribution in [1.29, 1.82) is 0 Å². The van der Waals surface area contributed by atoms with Crippen LogP contribution >= 0.6 is 8.17 Å². The molecular formula is C9H17NO7P+. The molecule has 18 heavy (non-hydrogen) atoms. The lowest BCUT2D eigenvalue weighted by molar-refractivity contribution is -0.143. The molecule has 0 radical (unpaired) electrons. The van der Waals surface area contributed by atoms with Crippen molar-refractivity contribution in [1.82, 2.24) is 5.32 Å². The quantitative estimate of drug-likeness (QED) is 0.521. The second-order valence-electron chi connectivity index (χ2n) is 4.67.